The second-order valence-electron chi connectivity index (χ2n) is 7.55. The Balaban J connectivity index is 1.58. The SMILES string of the molecule is CNCCN(C)Cc1ccnn1C1CCC2(CCCC2)CC1. The van der Waals surface area contributed by atoms with E-state index in [9.17, 15) is 0 Å². The molecule has 22 heavy (non-hydrogen) atoms. The van der Waals surface area contributed by atoms with Crippen molar-refractivity contribution in [1.82, 2.24) is 20.0 Å². The average Bonchev–Trinajstić information content (AvgIpc) is 3.16. The zero-order chi connectivity index (χ0) is 15.4. The summed E-state index contributed by atoms with van der Waals surface area (Å²) in [5, 5.41) is 7.88. The van der Waals surface area contributed by atoms with Crippen molar-refractivity contribution in [2.45, 2.75) is 64.0 Å². The van der Waals surface area contributed by atoms with Gasteiger partial charge in [0.1, 0.15) is 0 Å². The van der Waals surface area contributed by atoms with Crippen molar-refractivity contribution in [3.05, 3.63) is 18.0 Å². The smallest absolute Gasteiger partial charge is 0.0527 e. The molecule has 4 nitrogen and oxygen atoms in total. The van der Waals surface area contributed by atoms with Gasteiger partial charge in [0.15, 0.2) is 0 Å². The lowest BCUT2D eigenvalue weighted by atomic mass is 9.71. The van der Waals surface area contributed by atoms with Gasteiger partial charge in [-0.05, 0) is 64.1 Å². The second-order valence-corrected chi connectivity index (χ2v) is 7.55. The molecule has 2 aliphatic rings. The summed E-state index contributed by atoms with van der Waals surface area (Å²) in [4.78, 5) is 2.38. The Labute approximate surface area is 135 Å². The molecule has 1 aromatic rings. The summed E-state index contributed by atoms with van der Waals surface area (Å²) in [5.41, 5.74) is 2.10. The molecule has 0 atom stereocenters. The maximum absolute atomic E-state index is 4.66. The Bertz CT molecular complexity index is 451. The highest BCUT2D eigenvalue weighted by molar-refractivity contribution is 5.03. The number of nitrogens with one attached hydrogen (secondary N) is 1. The Morgan fingerprint density at radius 3 is 2.68 bits per heavy atom. The molecule has 3 rings (SSSR count). The summed E-state index contributed by atoms with van der Waals surface area (Å²) < 4.78 is 2.33. The van der Waals surface area contributed by atoms with Crippen LogP contribution in [0.1, 0.15) is 63.1 Å². The van der Waals surface area contributed by atoms with E-state index in [0.29, 0.717) is 11.5 Å². The molecule has 0 aliphatic heterocycles. The standard InChI is InChI=1S/C18H32N4/c1-19-13-14-21(2)15-17-7-12-20-22(17)16-5-10-18(11-6-16)8-3-4-9-18/h7,12,16,19H,3-6,8-11,13-15H2,1-2H3. The van der Waals surface area contributed by atoms with Crippen LogP contribution in [0.5, 0.6) is 0 Å². The van der Waals surface area contributed by atoms with Crippen molar-refractivity contribution in [1.29, 1.82) is 0 Å². The molecule has 2 aliphatic carbocycles. The molecule has 0 radical (unpaired) electrons. The van der Waals surface area contributed by atoms with Crippen molar-refractivity contribution < 1.29 is 0 Å². The predicted octanol–water partition coefficient (Wildman–Crippen LogP) is 3.21. The molecule has 1 N–H and O–H groups in total. The second kappa shape index (κ2) is 7.14. The highest BCUT2D eigenvalue weighted by atomic mass is 15.3. The molecule has 2 fully saturated rings. The molecule has 0 amide bonds. The molecule has 124 valence electrons. The van der Waals surface area contributed by atoms with Crippen LogP contribution in [0.15, 0.2) is 12.3 Å². The average molecular weight is 304 g/mol. The Morgan fingerprint density at radius 1 is 1.27 bits per heavy atom. The maximum Gasteiger partial charge on any atom is 0.0527 e. The van der Waals surface area contributed by atoms with E-state index < -0.39 is 0 Å². The first-order chi connectivity index (χ1) is 10.7. The summed E-state index contributed by atoms with van der Waals surface area (Å²) in [6.07, 6.45) is 13.4. The Morgan fingerprint density at radius 2 is 2.00 bits per heavy atom. The van der Waals surface area contributed by atoms with E-state index in [1.807, 2.05) is 13.2 Å². The van der Waals surface area contributed by atoms with E-state index in [1.54, 1.807) is 0 Å². The van der Waals surface area contributed by atoms with E-state index in [4.69, 9.17) is 0 Å². The fourth-order valence-electron chi connectivity index (χ4n) is 4.54. The zero-order valence-electron chi connectivity index (χ0n) is 14.4. The number of nitrogens with zero attached hydrogens (tertiary/aromatic N) is 3. The highest BCUT2D eigenvalue weighted by Gasteiger charge is 2.38. The lowest BCUT2D eigenvalue weighted by Gasteiger charge is -2.38. The quantitative estimate of drug-likeness (QED) is 0.876. The van der Waals surface area contributed by atoms with E-state index in [0.717, 1.165) is 19.6 Å². The molecular weight excluding hydrogens is 272 g/mol. The zero-order valence-corrected chi connectivity index (χ0v) is 14.4. The van der Waals surface area contributed by atoms with Crippen molar-refractivity contribution in [2.75, 3.05) is 27.2 Å². The van der Waals surface area contributed by atoms with Crippen LogP contribution in [0.3, 0.4) is 0 Å². The van der Waals surface area contributed by atoms with E-state index in [2.05, 4.69) is 33.1 Å². The van der Waals surface area contributed by atoms with Crippen LogP contribution in [0.25, 0.3) is 0 Å². The highest BCUT2D eigenvalue weighted by Crippen LogP contribution is 2.51. The first-order valence-corrected chi connectivity index (χ1v) is 9.08. The third kappa shape index (κ3) is 3.54. The van der Waals surface area contributed by atoms with Gasteiger partial charge in [0.25, 0.3) is 0 Å². The van der Waals surface area contributed by atoms with Crippen LogP contribution >= 0.6 is 0 Å². The first-order valence-electron chi connectivity index (χ1n) is 9.08. The maximum atomic E-state index is 4.66. The minimum atomic E-state index is 0.633. The summed E-state index contributed by atoms with van der Waals surface area (Å²) >= 11 is 0. The van der Waals surface area contributed by atoms with Crippen LogP contribution in [-0.4, -0.2) is 41.9 Å². The molecule has 1 spiro atoms. The van der Waals surface area contributed by atoms with Crippen LogP contribution in [0, 0.1) is 5.41 Å². The molecule has 0 unspecified atom stereocenters. The van der Waals surface area contributed by atoms with Crippen LogP contribution in [0.2, 0.25) is 0 Å². The van der Waals surface area contributed by atoms with Gasteiger partial charge < -0.3 is 5.32 Å². The fourth-order valence-corrected chi connectivity index (χ4v) is 4.54. The topological polar surface area (TPSA) is 33.1 Å². The number of hydrogen-bond acceptors (Lipinski definition) is 3. The minimum absolute atomic E-state index is 0.633. The van der Waals surface area contributed by atoms with Crippen molar-refractivity contribution >= 4 is 0 Å². The van der Waals surface area contributed by atoms with E-state index in [1.165, 1.54) is 57.1 Å². The monoisotopic (exact) mass is 304 g/mol. The number of likely N-dealkylation sites (N-methyl/N-ethyl adjacent to an activating group) is 2. The van der Waals surface area contributed by atoms with Crippen molar-refractivity contribution in [3.8, 4) is 0 Å². The third-order valence-corrected chi connectivity index (χ3v) is 5.95. The van der Waals surface area contributed by atoms with Gasteiger partial charge in [0.05, 0.1) is 11.7 Å². The Hall–Kier alpha value is -0.870. The number of rotatable bonds is 6. The van der Waals surface area contributed by atoms with Gasteiger partial charge in [-0.2, -0.15) is 5.10 Å². The van der Waals surface area contributed by atoms with Crippen molar-refractivity contribution in [2.24, 2.45) is 5.41 Å². The van der Waals surface area contributed by atoms with Crippen LogP contribution < -0.4 is 5.32 Å². The molecule has 0 bridgehead atoms. The van der Waals surface area contributed by atoms with Gasteiger partial charge in [0.2, 0.25) is 0 Å². The summed E-state index contributed by atoms with van der Waals surface area (Å²) in [5.74, 6) is 0. The van der Waals surface area contributed by atoms with Crippen LogP contribution in [0.4, 0.5) is 0 Å². The van der Waals surface area contributed by atoms with Gasteiger partial charge in [-0.3, -0.25) is 9.58 Å². The molecular formula is C18H32N4. The summed E-state index contributed by atoms with van der Waals surface area (Å²) in [6, 6.07) is 2.84. The van der Waals surface area contributed by atoms with Crippen molar-refractivity contribution in [3.63, 3.8) is 0 Å². The van der Waals surface area contributed by atoms with Gasteiger partial charge in [-0.1, -0.05) is 12.8 Å². The molecule has 0 aromatic carbocycles. The number of aromatic nitrogens is 2. The molecule has 1 aromatic heterocycles. The third-order valence-electron chi connectivity index (χ3n) is 5.95. The molecule has 4 heteroatoms. The normalized spacial score (nSPS) is 22.0. The first kappa shape index (κ1) is 16.0. The predicted molar refractivity (Wildman–Crippen MR) is 90.9 cm³/mol. The number of hydrogen-bond donors (Lipinski definition) is 1. The largest absolute Gasteiger partial charge is 0.318 e. The fraction of sp³-hybridized carbons (Fsp3) is 0.833. The summed E-state index contributed by atoms with van der Waals surface area (Å²) in [6.45, 7) is 3.12. The van der Waals surface area contributed by atoms with Gasteiger partial charge >= 0.3 is 0 Å². The van der Waals surface area contributed by atoms with E-state index >= 15 is 0 Å². The lowest BCUT2D eigenvalue weighted by Crippen LogP contribution is -2.30. The Kier molecular flexibility index (Phi) is 5.19. The minimum Gasteiger partial charge on any atom is -0.318 e. The van der Waals surface area contributed by atoms with E-state index in [-0.39, 0.29) is 0 Å². The summed E-state index contributed by atoms with van der Waals surface area (Å²) in [7, 11) is 4.21. The van der Waals surface area contributed by atoms with Gasteiger partial charge in [0, 0.05) is 25.8 Å². The molecule has 0 saturated heterocycles. The van der Waals surface area contributed by atoms with Gasteiger partial charge in [-0.25, -0.2) is 0 Å². The lowest BCUT2D eigenvalue weighted by molar-refractivity contribution is 0.148. The van der Waals surface area contributed by atoms with Gasteiger partial charge in [-0.15, -0.1) is 0 Å². The molecule has 1 heterocycles. The van der Waals surface area contributed by atoms with Crippen LogP contribution in [-0.2, 0) is 6.54 Å². The molecule has 2 saturated carbocycles.